The molecule has 6 heteroatoms. The third-order valence-corrected chi connectivity index (χ3v) is 3.31. The summed E-state index contributed by atoms with van der Waals surface area (Å²) in [6, 6.07) is 10.0. The normalized spacial score (nSPS) is 18.2. The van der Waals surface area contributed by atoms with Crippen LogP contribution < -0.4 is 10.6 Å². The Morgan fingerprint density at radius 1 is 1.35 bits per heavy atom. The largest absolute Gasteiger partial charge is 0.352 e. The Labute approximate surface area is 117 Å². The predicted molar refractivity (Wildman–Crippen MR) is 74.2 cm³/mol. The summed E-state index contributed by atoms with van der Waals surface area (Å²) in [5.41, 5.74) is 1.83. The van der Waals surface area contributed by atoms with Gasteiger partial charge in [0.15, 0.2) is 0 Å². The molecule has 104 valence electrons. The summed E-state index contributed by atoms with van der Waals surface area (Å²) in [5, 5.41) is 14.9. The molecule has 2 heterocycles. The Hall–Kier alpha value is -2.21. The molecule has 2 N–H and O–H groups in total. The molecule has 1 atom stereocenters. The fraction of sp³-hybridized carbons (Fsp3) is 0.357. The molecular formula is C14H17N5O. The van der Waals surface area contributed by atoms with Gasteiger partial charge in [-0.25, -0.2) is 0 Å². The van der Waals surface area contributed by atoms with E-state index in [2.05, 4.69) is 20.8 Å². The van der Waals surface area contributed by atoms with E-state index in [9.17, 15) is 4.79 Å². The van der Waals surface area contributed by atoms with Crippen LogP contribution in [0, 0.1) is 0 Å². The Bertz CT molecular complexity index is 580. The molecule has 20 heavy (non-hydrogen) atoms. The van der Waals surface area contributed by atoms with Crippen molar-refractivity contribution in [1.29, 1.82) is 0 Å². The lowest BCUT2D eigenvalue weighted by Crippen LogP contribution is -2.35. The number of rotatable bonds is 5. The number of aromatic nitrogens is 3. The molecule has 1 unspecified atom stereocenters. The second-order valence-electron chi connectivity index (χ2n) is 4.89. The third-order valence-electron chi connectivity index (χ3n) is 3.31. The lowest BCUT2D eigenvalue weighted by Gasteiger charge is -2.09. The lowest BCUT2D eigenvalue weighted by atomic mass is 10.2. The van der Waals surface area contributed by atoms with Crippen LogP contribution in [-0.2, 0) is 11.3 Å². The lowest BCUT2D eigenvalue weighted by molar-refractivity contribution is -0.119. The molecular weight excluding hydrogens is 254 g/mol. The highest BCUT2D eigenvalue weighted by Gasteiger charge is 2.19. The summed E-state index contributed by atoms with van der Waals surface area (Å²) in [4.78, 5) is 12.7. The van der Waals surface area contributed by atoms with Crippen molar-refractivity contribution in [2.24, 2.45) is 0 Å². The van der Waals surface area contributed by atoms with Crippen LogP contribution in [0.2, 0.25) is 0 Å². The van der Waals surface area contributed by atoms with Gasteiger partial charge < -0.3 is 10.6 Å². The van der Waals surface area contributed by atoms with Crippen molar-refractivity contribution in [1.82, 2.24) is 25.6 Å². The molecule has 0 aliphatic carbocycles. The fourth-order valence-corrected chi connectivity index (χ4v) is 2.27. The van der Waals surface area contributed by atoms with E-state index in [0.717, 1.165) is 24.3 Å². The molecule has 0 radical (unpaired) electrons. The number of benzene rings is 1. The highest BCUT2D eigenvalue weighted by molar-refractivity contribution is 5.78. The van der Waals surface area contributed by atoms with Crippen molar-refractivity contribution < 1.29 is 4.79 Å². The van der Waals surface area contributed by atoms with Crippen LogP contribution in [0.3, 0.4) is 0 Å². The van der Waals surface area contributed by atoms with Crippen LogP contribution in [0.15, 0.2) is 36.5 Å². The van der Waals surface area contributed by atoms with E-state index in [1.54, 1.807) is 11.0 Å². The number of nitrogens with one attached hydrogen (secondary N) is 2. The van der Waals surface area contributed by atoms with E-state index in [-0.39, 0.29) is 11.9 Å². The van der Waals surface area contributed by atoms with Gasteiger partial charge in [-0.1, -0.05) is 18.2 Å². The summed E-state index contributed by atoms with van der Waals surface area (Å²) >= 11 is 0. The van der Waals surface area contributed by atoms with Gasteiger partial charge in [-0.2, -0.15) is 15.0 Å². The Balaban J connectivity index is 1.52. The number of hydrogen-bond acceptors (Lipinski definition) is 4. The molecule has 0 bridgehead atoms. The van der Waals surface area contributed by atoms with Crippen LogP contribution in [0.5, 0.6) is 0 Å². The van der Waals surface area contributed by atoms with Gasteiger partial charge in [0.1, 0.15) is 0 Å². The summed E-state index contributed by atoms with van der Waals surface area (Å²) < 4.78 is 0. The molecule has 1 saturated heterocycles. The number of amides is 1. The topological polar surface area (TPSA) is 71.8 Å². The monoisotopic (exact) mass is 271 g/mol. The maximum atomic E-state index is 11.1. The average molecular weight is 271 g/mol. The van der Waals surface area contributed by atoms with Gasteiger partial charge in [-0.15, -0.1) is 0 Å². The second kappa shape index (κ2) is 5.83. The smallest absolute Gasteiger partial charge is 0.220 e. The molecule has 3 rings (SSSR count). The molecule has 1 fully saturated rings. The summed E-state index contributed by atoms with van der Waals surface area (Å²) in [7, 11) is 0. The first-order valence-corrected chi connectivity index (χ1v) is 6.78. The third kappa shape index (κ3) is 3.03. The van der Waals surface area contributed by atoms with Gasteiger partial charge in [0.05, 0.1) is 17.6 Å². The maximum absolute atomic E-state index is 11.1. The van der Waals surface area contributed by atoms with Crippen LogP contribution >= 0.6 is 0 Å². The summed E-state index contributed by atoms with van der Waals surface area (Å²) in [6.45, 7) is 1.42. The minimum atomic E-state index is 0.145. The van der Waals surface area contributed by atoms with Crippen molar-refractivity contribution in [2.75, 3.05) is 6.54 Å². The molecule has 2 aromatic rings. The molecule has 0 spiro atoms. The predicted octanol–water partition coefficient (Wildman–Crippen LogP) is 0.635. The zero-order valence-corrected chi connectivity index (χ0v) is 11.1. The van der Waals surface area contributed by atoms with Crippen molar-refractivity contribution >= 4 is 5.91 Å². The van der Waals surface area contributed by atoms with Gasteiger partial charge in [-0.05, 0) is 18.6 Å². The average Bonchev–Trinajstić information content (AvgIpc) is 3.09. The van der Waals surface area contributed by atoms with Gasteiger partial charge in [-0.3, -0.25) is 4.79 Å². The van der Waals surface area contributed by atoms with Gasteiger partial charge in [0, 0.05) is 25.6 Å². The number of carbonyl (C=O) groups excluding carboxylic acids is 1. The Kier molecular flexibility index (Phi) is 3.73. The van der Waals surface area contributed by atoms with Crippen molar-refractivity contribution in [3.8, 4) is 5.69 Å². The molecule has 1 aromatic carbocycles. The van der Waals surface area contributed by atoms with Crippen molar-refractivity contribution in [3.63, 3.8) is 0 Å². The first-order valence-electron chi connectivity index (χ1n) is 6.78. The van der Waals surface area contributed by atoms with Crippen molar-refractivity contribution in [2.45, 2.75) is 25.4 Å². The molecule has 1 aromatic heterocycles. The van der Waals surface area contributed by atoms with Crippen LogP contribution in [-0.4, -0.2) is 33.5 Å². The fourth-order valence-electron chi connectivity index (χ4n) is 2.27. The molecule has 0 saturated carbocycles. The minimum absolute atomic E-state index is 0.145. The zero-order chi connectivity index (χ0) is 13.8. The summed E-state index contributed by atoms with van der Waals surface area (Å²) in [5.74, 6) is 0.145. The first-order chi connectivity index (χ1) is 9.81. The Morgan fingerprint density at radius 2 is 2.20 bits per heavy atom. The van der Waals surface area contributed by atoms with Crippen molar-refractivity contribution in [3.05, 3.63) is 42.2 Å². The molecule has 1 amide bonds. The SMILES string of the molecule is O=C1CCC(CNCc2cnn(-c3ccccc3)n2)N1. The minimum Gasteiger partial charge on any atom is -0.352 e. The van der Waals surface area contributed by atoms with E-state index in [1.165, 1.54) is 0 Å². The van der Waals surface area contributed by atoms with E-state index in [0.29, 0.717) is 13.0 Å². The van der Waals surface area contributed by atoms with E-state index in [4.69, 9.17) is 0 Å². The number of carbonyl (C=O) groups is 1. The van der Waals surface area contributed by atoms with E-state index >= 15 is 0 Å². The van der Waals surface area contributed by atoms with Gasteiger partial charge >= 0.3 is 0 Å². The van der Waals surface area contributed by atoms with Crippen LogP contribution in [0.25, 0.3) is 5.69 Å². The first kappa shape index (κ1) is 12.8. The quantitative estimate of drug-likeness (QED) is 0.837. The van der Waals surface area contributed by atoms with E-state index in [1.807, 2.05) is 30.3 Å². The highest BCUT2D eigenvalue weighted by Crippen LogP contribution is 2.06. The zero-order valence-electron chi connectivity index (χ0n) is 11.1. The maximum Gasteiger partial charge on any atom is 0.220 e. The van der Waals surface area contributed by atoms with Crippen LogP contribution in [0.1, 0.15) is 18.5 Å². The molecule has 6 nitrogen and oxygen atoms in total. The Morgan fingerprint density at radius 3 is 2.95 bits per heavy atom. The van der Waals surface area contributed by atoms with Gasteiger partial charge in [0.2, 0.25) is 5.91 Å². The standard InChI is InChI=1S/C14H17N5O/c20-14-7-6-11(17-14)8-15-9-12-10-16-19(18-12)13-4-2-1-3-5-13/h1-5,10-11,15H,6-9H2,(H,17,20). The highest BCUT2D eigenvalue weighted by atomic mass is 16.1. The second-order valence-corrected chi connectivity index (χ2v) is 4.89. The van der Waals surface area contributed by atoms with Gasteiger partial charge in [0.25, 0.3) is 0 Å². The van der Waals surface area contributed by atoms with E-state index < -0.39 is 0 Å². The summed E-state index contributed by atoms with van der Waals surface area (Å²) in [6.07, 6.45) is 3.30. The molecule has 1 aliphatic rings. The van der Waals surface area contributed by atoms with Crippen LogP contribution in [0.4, 0.5) is 0 Å². The number of nitrogens with zero attached hydrogens (tertiary/aromatic N) is 3. The number of para-hydroxylation sites is 1. The number of hydrogen-bond donors (Lipinski definition) is 2. The molecule has 1 aliphatic heterocycles.